The number of aromatic nitrogens is 4. The fourth-order valence-corrected chi connectivity index (χ4v) is 2.85. The van der Waals surface area contributed by atoms with Crippen molar-refractivity contribution >= 4 is 11.9 Å². The summed E-state index contributed by atoms with van der Waals surface area (Å²) in [5, 5.41) is 14.6. The van der Waals surface area contributed by atoms with Gasteiger partial charge in [0.15, 0.2) is 11.5 Å². The molecule has 9 nitrogen and oxygen atoms in total. The van der Waals surface area contributed by atoms with Crippen molar-refractivity contribution in [3.63, 3.8) is 0 Å². The number of tetrazole rings is 1. The topological polar surface area (TPSA) is 117 Å². The van der Waals surface area contributed by atoms with E-state index in [1.165, 1.54) is 4.68 Å². The minimum atomic E-state index is -0.550. The standard InChI is InChI=1S/C16H20N6O3/c1-8(2)25-11-6-5-10(7-12(11)24-4)14-13(15(17)23)9(3)18-16-19-20-21-22(14)16/h5-8,14H,1-4H3,(H2,17,23)(H,18,19,21). The minimum Gasteiger partial charge on any atom is -0.493 e. The maximum atomic E-state index is 12.0. The molecule has 25 heavy (non-hydrogen) atoms. The van der Waals surface area contributed by atoms with E-state index in [9.17, 15) is 4.79 Å². The molecule has 1 aliphatic heterocycles. The summed E-state index contributed by atoms with van der Waals surface area (Å²) in [5.74, 6) is 1.07. The zero-order chi connectivity index (χ0) is 18.1. The average Bonchev–Trinajstić information content (AvgIpc) is 3.01. The lowest BCUT2D eigenvalue weighted by Crippen LogP contribution is -2.31. The van der Waals surface area contributed by atoms with Crippen LogP contribution in [0.2, 0.25) is 0 Å². The molecular formula is C16H20N6O3. The van der Waals surface area contributed by atoms with Gasteiger partial charge in [0.25, 0.3) is 0 Å². The smallest absolute Gasteiger partial charge is 0.248 e. The number of nitrogens with two attached hydrogens (primary N) is 1. The molecule has 0 saturated carbocycles. The van der Waals surface area contributed by atoms with Crippen LogP contribution in [0.4, 0.5) is 5.95 Å². The lowest BCUT2D eigenvalue weighted by molar-refractivity contribution is -0.115. The second-order valence-electron chi connectivity index (χ2n) is 5.95. The van der Waals surface area contributed by atoms with E-state index >= 15 is 0 Å². The Balaban J connectivity index is 2.12. The van der Waals surface area contributed by atoms with Gasteiger partial charge in [-0.05, 0) is 48.9 Å². The summed E-state index contributed by atoms with van der Waals surface area (Å²) in [7, 11) is 1.56. The molecule has 1 aromatic heterocycles. The molecule has 1 aromatic carbocycles. The molecule has 0 aliphatic carbocycles. The van der Waals surface area contributed by atoms with Crippen LogP contribution in [0.1, 0.15) is 32.4 Å². The Morgan fingerprint density at radius 2 is 2.12 bits per heavy atom. The first-order valence-electron chi connectivity index (χ1n) is 7.82. The van der Waals surface area contributed by atoms with Gasteiger partial charge in [-0.3, -0.25) is 4.79 Å². The Bertz CT molecular complexity index is 842. The number of hydrogen-bond donors (Lipinski definition) is 2. The first-order valence-corrected chi connectivity index (χ1v) is 7.82. The van der Waals surface area contributed by atoms with Crippen LogP contribution in [0.3, 0.4) is 0 Å². The number of benzene rings is 1. The van der Waals surface area contributed by atoms with Gasteiger partial charge in [-0.2, -0.15) is 4.68 Å². The average molecular weight is 344 g/mol. The Kier molecular flexibility index (Phi) is 4.30. The zero-order valence-corrected chi connectivity index (χ0v) is 14.5. The van der Waals surface area contributed by atoms with E-state index in [1.54, 1.807) is 26.2 Å². The fraction of sp³-hybridized carbons (Fsp3) is 0.375. The highest BCUT2D eigenvalue weighted by Crippen LogP contribution is 2.38. The predicted octanol–water partition coefficient (Wildman–Crippen LogP) is 1.24. The van der Waals surface area contributed by atoms with Gasteiger partial charge in [0.1, 0.15) is 6.04 Å². The summed E-state index contributed by atoms with van der Waals surface area (Å²) < 4.78 is 12.7. The fourth-order valence-electron chi connectivity index (χ4n) is 2.85. The van der Waals surface area contributed by atoms with Crippen molar-refractivity contribution in [1.82, 2.24) is 20.2 Å². The lowest BCUT2D eigenvalue weighted by Gasteiger charge is -2.27. The van der Waals surface area contributed by atoms with Gasteiger partial charge in [0.05, 0.1) is 18.8 Å². The van der Waals surface area contributed by atoms with Crippen molar-refractivity contribution in [2.45, 2.75) is 32.9 Å². The first kappa shape index (κ1) is 16.7. The number of hydrogen-bond acceptors (Lipinski definition) is 7. The summed E-state index contributed by atoms with van der Waals surface area (Å²) in [6.45, 7) is 5.63. The third-order valence-electron chi connectivity index (χ3n) is 3.85. The van der Waals surface area contributed by atoms with Crippen molar-refractivity contribution in [1.29, 1.82) is 0 Å². The summed E-state index contributed by atoms with van der Waals surface area (Å²) in [4.78, 5) is 12.0. The molecule has 132 valence electrons. The Morgan fingerprint density at radius 3 is 2.76 bits per heavy atom. The first-order chi connectivity index (χ1) is 11.9. The van der Waals surface area contributed by atoms with Crippen LogP contribution in [0.5, 0.6) is 11.5 Å². The molecule has 1 aliphatic rings. The number of nitrogens with one attached hydrogen (secondary N) is 1. The second kappa shape index (κ2) is 6.42. The quantitative estimate of drug-likeness (QED) is 0.838. The van der Waals surface area contributed by atoms with Crippen LogP contribution in [0.15, 0.2) is 29.5 Å². The summed E-state index contributed by atoms with van der Waals surface area (Å²) in [5.41, 5.74) is 7.36. The van der Waals surface area contributed by atoms with Crippen LogP contribution < -0.4 is 20.5 Å². The van der Waals surface area contributed by atoms with E-state index < -0.39 is 11.9 Å². The SMILES string of the molecule is COc1cc(C2C(C(N)=O)=C(C)Nc3nnnn32)ccc1OC(C)C. The number of methoxy groups -OCH3 is 1. The highest BCUT2D eigenvalue weighted by atomic mass is 16.5. The van der Waals surface area contributed by atoms with Crippen LogP contribution in [-0.2, 0) is 4.79 Å². The molecule has 9 heteroatoms. The number of carbonyl (C=O) groups excluding carboxylic acids is 1. The van der Waals surface area contributed by atoms with Crippen molar-refractivity contribution < 1.29 is 14.3 Å². The molecule has 0 saturated heterocycles. The van der Waals surface area contributed by atoms with Crippen LogP contribution >= 0.6 is 0 Å². The Morgan fingerprint density at radius 1 is 1.36 bits per heavy atom. The molecule has 2 heterocycles. The predicted molar refractivity (Wildman–Crippen MR) is 90.2 cm³/mol. The summed E-state index contributed by atoms with van der Waals surface area (Å²) in [6, 6.07) is 4.90. The molecule has 1 amide bonds. The highest BCUT2D eigenvalue weighted by molar-refractivity contribution is 5.95. The van der Waals surface area contributed by atoms with Gasteiger partial charge in [0.2, 0.25) is 11.9 Å². The third-order valence-corrected chi connectivity index (χ3v) is 3.85. The summed E-state index contributed by atoms with van der Waals surface area (Å²) >= 11 is 0. The van der Waals surface area contributed by atoms with Crippen LogP contribution in [0.25, 0.3) is 0 Å². The minimum absolute atomic E-state index is 0.00747. The number of carbonyl (C=O) groups is 1. The highest BCUT2D eigenvalue weighted by Gasteiger charge is 2.33. The molecule has 3 rings (SSSR count). The van der Waals surface area contributed by atoms with E-state index in [-0.39, 0.29) is 6.10 Å². The van der Waals surface area contributed by atoms with E-state index in [0.29, 0.717) is 28.7 Å². The maximum absolute atomic E-state index is 12.0. The Hall–Kier alpha value is -3.10. The van der Waals surface area contributed by atoms with Crippen molar-refractivity contribution in [3.05, 3.63) is 35.0 Å². The molecule has 0 spiro atoms. The van der Waals surface area contributed by atoms with Gasteiger partial charge in [-0.25, -0.2) is 0 Å². The molecule has 2 aromatic rings. The van der Waals surface area contributed by atoms with Crippen molar-refractivity contribution in [2.24, 2.45) is 5.73 Å². The number of nitrogens with zero attached hydrogens (tertiary/aromatic N) is 4. The lowest BCUT2D eigenvalue weighted by atomic mass is 9.95. The number of allylic oxidation sites excluding steroid dienone is 1. The van der Waals surface area contributed by atoms with Crippen LogP contribution in [0, 0.1) is 0 Å². The molecule has 1 atom stereocenters. The Labute approximate surface area is 144 Å². The van der Waals surface area contributed by atoms with Crippen molar-refractivity contribution in [3.8, 4) is 11.5 Å². The van der Waals surface area contributed by atoms with E-state index in [2.05, 4.69) is 20.8 Å². The number of fused-ring (bicyclic) bond motifs is 1. The number of rotatable bonds is 5. The van der Waals surface area contributed by atoms with Gasteiger partial charge in [-0.1, -0.05) is 11.2 Å². The molecule has 0 bridgehead atoms. The monoisotopic (exact) mass is 344 g/mol. The molecule has 0 fully saturated rings. The number of primary amides is 1. The second-order valence-corrected chi connectivity index (χ2v) is 5.95. The molecule has 1 unspecified atom stereocenters. The number of anilines is 1. The summed E-state index contributed by atoms with van der Waals surface area (Å²) in [6.07, 6.45) is 0.00747. The largest absolute Gasteiger partial charge is 0.493 e. The van der Waals surface area contributed by atoms with E-state index in [4.69, 9.17) is 15.2 Å². The van der Waals surface area contributed by atoms with Gasteiger partial charge in [0, 0.05) is 5.70 Å². The molecular weight excluding hydrogens is 324 g/mol. The third kappa shape index (κ3) is 3.00. The van der Waals surface area contributed by atoms with Crippen molar-refractivity contribution in [2.75, 3.05) is 12.4 Å². The van der Waals surface area contributed by atoms with Gasteiger partial charge in [-0.15, -0.1) is 0 Å². The zero-order valence-electron chi connectivity index (χ0n) is 14.5. The normalized spacial score (nSPS) is 16.4. The van der Waals surface area contributed by atoms with Crippen LogP contribution in [-0.4, -0.2) is 39.3 Å². The number of ether oxygens (including phenoxy) is 2. The maximum Gasteiger partial charge on any atom is 0.248 e. The number of amides is 1. The molecule has 0 radical (unpaired) electrons. The van der Waals surface area contributed by atoms with E-state index in [0.717, 1.165) is 5.56 Å². The molecule has 3 N–H and O–H groups in total. The van der Waals surface area contributed by atoms with Gasteiger partial charge >= 0.3 is 0 Å². The van der Waals surface area contributed by atoms with Gasteiger partial charge < -0.3 is 20.5 Å². The van der Waals surface area contributed by atoms with E-state index in [1.807, 2.05) is 19.9 Å².